The molecule has 5 rings (SSSR count). The number of rotatable bonds is 11. The Balaban J connectivity index is 1.59. The van der Waals surface area contributed by atoms with Crippen LogP contribution in [0, 0.1) is 3.57 Å². The molecular formula is C35H34BrIN2O7S. The van der Waals surface area contributed by atoms with Crippen LogP contribution in [0.1, 0.15) is 50.4 Å². The minimum atomic E-state index is -0.793. The van der Waals surface area contributed by atoms with E-state index in [-0.39, 0.29) is 23.8 Å². The van der Waals surface area contributed by atoms with Crippen molar-refractivity contribution in [2.45, 2.75) is 46.4 Å². The molecule has 1 aliphatic heterocycles. The fourth-order valence-electron chi connectivity index (χ4n) is 5.16. The van der Waals surface area contributed by atoms with Crippen LogP contribution in [0.5, 0.6) is 23.0 Å². The van der Waals surface area contributed by atoms with Crippen LogP contribution < -0.4 is 33.8 Å². The predicted molar refractivity (Wildman–Crippen MR) is 193 cm³/mol. The number of esters is 1. The van der Waals surface area contributed by atoms with E-state index in [1.54, 1.807) is 50.8 Å². The van der Waals surface area contributed by atoms with Crippen LogP contribution in [0.25, 0.3) is 6.08 Å². The second kappa shape index (κ2) is 15.1. The summed E-state index contributed by atoms with van der Waals surface area (Å²) in [5, 5.41) is 0. The van der Waals surface area contributed by atoms with E-state index in [9.17, 15) is 9.59 Å². The van der Waals surface area contributed by atoms with Crippen molar-refractivity contribution in [1.82, 2.24) is 4.57 Å². The number of carbonyl (C=O) groups excluding carboxylic acids is 1. The largest absolute Gasteiger partial charge is 0.493 e. The lowest BCUT2D eigenvalue weighted by Gasteiger charge is -2.25. The molecule has 0 saturated carbocycles. The molecule has 0 radical (unpaired) electrons. The van der Waals surface area contributed by atoms with Gasteiger partial charge < -0.3 is 23.7 Å². The number of fused-ring (bicyclic) bond motifs is 1. The molecule has 3 aromatic carbocycles. The van der Waals surface area contributed by atoms with Crippen LogP contribution in [-0.2, 0) is 16.1 Å². The molecule has 0 spiro atoms. The highest BCUT2D eigenvalue weighted by Crippen LogP contribution is 2.37. The zero-order valence-electron chi connectivity index (χ0n) is 26.8. The van der Waals surface area contributed by atoms with Gasteiger partial charge in [-0.15, -0.1) is 0 Å². The number of allylic oxidation sites excluding steroid dienone is 1. The normalized spacial score (nSPS) is 14.5. The first kappa shape index (κ1) is 34.7. The number of aromatic nitrogens is 1. The highest BCUT2D eigenvalue weighted by molar-refractivity contribution is 14.1. The van der Waals surface area contributed by atoms with Gasteiger partial charge in [0.25, 0.3) is 5.56 Å². The third-order valence-electron chi connectivity index (χ3n) is 7.23. The summed E-state index contributed by atoms with van der Waals surface area (Å²) < 4.78 is 32.7. The summed E-state index contributed by atoms with van der Waals surface area (Å²) in [6, 6.07) is 16.3. The van der Waals surface area contributed by atoms with Crippen molar-refractivity contribution in [3.8, 4) is 23.0 Å². The van der Waals surface area contributed by atoms with Gasteiger partial charge in [-0.3, -0.25) is 9.36 Å². The molecule has 0 N–H and O–H groups in total. The number of carbonyl (C=O) groups is 1. The third kappa shape index (κ3) is 7.60. The Labute approximate surface area is 298 Å². The van der Waals surface area contributed by atoms with Crippen molar-refractivity contribution in [3.63, 3.8) is 0 Å². The Hall–Kier alpha value is -3.62. The van der Waals surface area contributed by atoms with Gasteiger partial charge in [0.15, 0.2) is 27.8 Å². The van der Waals surface area contributed by atoms with Crippen molar-refractivity contribution in [3.05, 3.63) is 110 Å². The summed E-state index contributed by atoms with van der Waals surface area (Å²) in [7, 11) is 3.14. The van der Waals surface area contributed by atoms with E-state index in [0.717, 1.165) is 19.2 Å². The molecule has 0 fully saturated rings. The van der Waals surface area contributed by atoms with Gasteiger partial charge in [-0.2, -0.15) is 0 Å². The molecule has 47 heavy (non-hydrogen) atoms. The quantitative estimate of drug-likeness (QED) is 0.125. The Kier molecular flexibility index (Phi) is 11.1. The molecule has 4 aromatic rings. The van der Waals surface area contributed by atoms with E-state index < -0.39 is 12.0 Å². The molecule has 12 heteroatoms. The lowest BCUT2D eigenvalue weighted by molar-refractivity contribution is -0.139. The summed E-state index contributed by atoms with van der Waals surface area (Å²) in [6.07, 6.45) is 1.73. The van der Waals surface area contributed by atoms with Crippen molar-refractivity contribution in [2.24, 2.45) is 4.99 Å². The number of methoxy groups -OCH3 is 2. The van der Waals surface area contributed by atoms with Crippen LogP contribution in [0.15, 0.2) is 80.1 Å². The van der Waals surface area contributed by atoms with Gasteiger partial charge in [-0.25, -0.2) is 9.79 Å². The molecule has 2 heterocycles. The van der Waals surface area contributed by atoms with E-state index in [4.69, 9.17) is 23.7 Å². The average Bonchev–Trinajstić information content (AvgIpc) is 3.34. The molecule has 0 aliphatic carbocycles. The summed E-state index contributed by atoms with van der Waals surface area (Å²) in [5.41, 5.74) is 2.90. The van der Waals surface area contributed by atoms with Gasteiger partial charge in [-0.1, -0.05) is 45.5 Å². The third-order valence-corrected chi connectivity index (χ3v) is 9.54. The monoisotopic (exact) mass is 832 g/mol. The minimum absolute atomic E-state index is 0.0708. The number of hydrogen-bond donors (Lipinski definition) is 0. The number of hydrogen-bond acceptors (Lipinski definition) is 9. The first-order chi connectivity index (χ1) is 22.5. The summed E-state index contributed by atoms with van der Waals surface area (Å²) >= 11 is 6.91. The molecule has 1 aliphatic rings. The molecule has 246 valence electrons. The predicted octanol–water partition coefficient (Wildman–Crippen LogP) is 6.55. The van der Waals surface area contributed by atoms with E-state index in [1.165, 1.54) is 11.3 Å². The molecular weight excluding hydrogens is 799 g/mol. The summed E-state index contributed by atoms with van der Waals surface area (Å²) in [5.74, 6) is 1.67. The van der Waals surface area contributed by atoms with E-state index in [0.29, 0.717) is 50.2 Å². The average molecular weight is 834 g/mol. The smallest absolute Gasteiger partial charge is 0.338 e. The van der Waals surface area contributed by atoms with E-state index in [1.807, 2.05) is 56.3 Å². The van der Waals surface area contributed by atoms with Crippen LogP contribution >= 0.6 is 49.9 Å². The fraction of sp³-hybridized carbons (Fsp3) is 0.286. The molecule has 0 saturated heterocycles. The van der Waals surface area contributed by atoms with Crippen LogP contribution in [0.4, 0.5) is 0 Å². The number of halogens is 2. The Morgan fingerprint density at radius 3 is 2.45 bits per heavy atom. The van der Waals surface area contributed by atoms with E-state index >= 15 is 0 Å². The van der Waals surface area contributed by atoms with Crippen LogP contribution in [0.2, 0.25) is 0 Å². The first-order valence-electron chi connectivity index (χ1n) is 14.8. The maximum atomic E-state index is 14.2. The second-order valence-electron chi connectivity index (χ2n) is 10.8. The lowest BCUT2D eigenvalue weighted by Crippen LogP contribution is -2.40. The summed E-state index contributed by atoms with van der Waals surface area (Å²) in [4.78, 5) is 32.7. The van der Waals surface area contributed by atoms with Gasteiger partial charge in [0.1, 0.15) is 6.61 Å². The maximum Gasteiger partial charge on any atom is 0.338 e. The van der Waals surface area contributed by atoms with Gasteiger partial charge in [0, 0.05) is 4.47 Å². The molecule has 0 bridgehead atoms. The number of thiazole rings is 1. The fourth-order valence-corrected chi connectivity index (χ4v) is 7.26. The Morgan fingerprint density at radius 1 is 1.06 bits per heavy atom. The standard InChI is InChI=1S/C35H34BrIN2O7S/c1-7-44-34(41)30-20(4)38-35-39(31(30)23-10-13-26(46-19(2)3)27(17-23)42-5)33(40)29(47-35)16-22-14-25(37)32(28(15-22)43-6)45-18-21-8-11-24(36)12-9-21/h8-17,19,31H,7,18H2,1-6H3/b29-16-/t31-/m0/s1. The second-order valence-corrected chi connectivity index (χ2v) is 13.9. The van der Waals surface area contributed by atoms with Crippen molar-refractivity contribution < 1.29 is 28.5 Å². The van der Waals surface area contributed by atoms with Crippen molar-refractivity contribution in [2.75, 3.05) is 20.8 Å². The number of nitrogens with zero attached hydrogens (tertiary/aromatic N) is 2. The number of benzene rings is 3. The molecule has 1 aromatic heterocycles. The lowest BCUT2D eigenvalue weighted by atomic mass is 9.95. The van der Waals surface area contributed by atoms with Crippen LogP contribution in [-0.4, -0.2) is 37.5 Å². The van der Waals surface area contributed by atoms with E-state index in [2.05, 4.69) is 43.5 Å². The van der Waals surface area contributed by atoms with Gasteiger partial charge in [0.05, 0.1) is 52.3 Å². The highest BCUT2D eigenvalue weighted by atomic mass is 127. The zero-order chi connectivity index (χ0) is 33.8. The zero-order valence-corrected chi connectivity index (χ0v) is 31.3. The Bertz CT molecular complexity index is 2020. The molecule has 0 unspecified atom stereocenters. The van der Waals surface area contributed by atoms with Crippen LogP contribution in [0.3, 0.4) is 0 Å². The number of ether oxygens (including phenoxy) is 5. The topological polar surface area (TPSA) is 97.6 Å². The molecule has 0 amide bonds. The first-order valence-corrected chi connectivity index (χ1v) is 17.5. The molecule has 1 atom stereocenters. The van der Waals surface area contributed by atoms with Gasteiger partial charge in [0.2, 0.25) is 0 Å². The maximum absolute atomic E-state index is 14.2. The van der Waals surface area contributed by atoms with Gasteiger partial charge >= 0.3 is 5.97 Å². The molecule has 9 nitrogen and oxygen atoms in total. The SMILES string of the molecule is CCOC(=O)C1=C(C)N=c2s/c(=C\c3cc(I)c(OCc4ccc(Br)cc4)c(OC)c3)c(=O)n2[C@H]1c1ccc(OC(C)C)c(OC)c1. The minimum Gasteiger partial charge on any atom is -0.493 e. The summed E-state index contributed by atoms with van der Waals surface area (Å²) in [6.45, 7) is 7.90. The van der Waals surface area contributed by atoms with Gasteiger partial charge in [-0.05, 0) is 109 Å². The highest BCUT2D eigenvalue weighted by Gasteiger charge is 2.34. The Morgan fingerprint density at radius 2 is 1.79 bits per heavy atom. The van der Waals surface area contributed by atoms with Crippen molar-refractivity contribution >= 4 is 61.9 Å². The van der Waals surface area contributed by atoms with Crippen molar-refractivity contribution in [1.29, 1.82) is 0 Å².